The van der Waals surface area contributed by atoms with Crippen molar-refractivity contribution in [1.82, 2.24) is 0 Å². The van der Waals surface area contributed by atoms with Gasteiger partial charge in [0.2, 0.25) is 0 Å². The lowest BCUT2D eigenvalue weighted by molar-refractivity contribution is 0.835. The predicted octanol–water partition coefficient (Wildman–Crippen LogP) is 29.4. The van der Waals surface area contributed by atoms with Gasteiger partial charge < -0.3 is 29.4 Å². The molecule has 0 saturated carbocycles. The Balaban J connectivity index is 0.802. The monoisotopic (exact) mass is 1890 g/mol. The van der Waals surface area contributed by atoms with Gasteiger partial charge in [-0.2, -0.15) is 0 Å². The van der Waals surface area contributed by atoms with Gasteiger partial charge in [-0.15, -0.1) is 0 Å². The number of rotatable bonds is 21. The minimum Gasteiger partial charge on any atom is -0.311 e. The number of anilines is 18. The number of hydrogen-bond donors (Lipinski definition) is 0. The van der Waals surface area contributed by atoms with Gasteiger partial charge in [0.15, 0.2) is 0 Å². The molecule has 22 rings (SSSR count). The highest BCUT2D eigenvalue weighted by atomic mass is 28.3. The summed E-state index contributed by atoms with van der Waals surface area (Å²) in [5.41, 5.74) is 52.7. The van der Waals surface area contributed by atoms with Crippen LogP contribution < -0.4 is 94.1 Å². The first-order chi connectivity index (χ1) is 67.8. The molecular formula is C129H135B3N6Si3. The molecule has 6 aliphatic heterocycles. The third-order valence-corrected chi connectivity index (χ3v) is 55.9. The third-order valence-electron chi connectivity index (χ3n) is 34.7. The average molecular weight is 1890 g/mol. The number of fused-ring (bicyclic) bond motifs is 12. The molecule has 0 aromatic heterocycles. The second kappa shape index (κ2) is 35.4. The van der Waals surface area contributed by atoms with Crippen molar-refractivity contribution in [2.75, 3.05) is 29.4 Å². The summed E-state index contributed by atoms with van der Waals surface area (Å²) in [6.45, 7) is 58.0. The van der Waals surface area contributed by atoms with Gasteiger partial charge in [-0.05, 0) is 338 Å². The van der Waals surface area contributed by atoms with E-state index < -0.39 is 24.2 Å². The molecule has 702 valence electrons. The maximum Gasteiger partial charge on any atom is 0.252 e. The van der Waals surface area contributed by atoms with Crippen LogP contribution in [0, 0.1) is 41.5 Å². The zero-order valence-electron chi connectivity index (χ0n) is 87.3. The minimum atomic E-state index is -2.05. The molecule has 0 atom stereocenters. The summed E-state index contributed by atoms with van der Waals surface area (Å²) in [6, 6.07) is 131. The zero-order valence-corrected chi connectivity index (χ0v) is 90.3. The van der Waals surface area contributed by atoms with Crippen LogP contribution in [0.1, 0.15) is 158 Å². The zero-order chi connectivity index (χ0) is 98.3. The van der Waals surface area contributed by atoms with Crippen LogP contribution in [-0.4, -0.2) is 44.4 Å². The smallest absolute Gasteiger partial charge is 0.252 e. The van der Waals surface area contributed by atoms with Gasteiger partial charge in [0, 0.05) is 102 Å². The van der Waals surface area contributed by atoms with E-state index >= 15 is 0 Å². The van der Waals surface area contributed by atoms with E-state index in [-0.39, 0.29) is 20.1 Å². The van der Waals surface area contributed by atoms with Crippen LogP contribution in [0.3, 0.4) is 0 Å². The van der Waals surface area contributed by atoms with E-state index in [4.69, 9.17) is 0 Å². The van der Waals surface area contributed by atoms with Crippen molar-refractivity contribution in [2.24, 2.45) is 0 Å². The van der Waals surface area contributed by atoms with Gasteiger partial charge in [0.05, 0.1) is 24.2 Å². The third kappa shape index (κ3) is 14.5. The lowest BCUT2D eigenvalue weighted by atomic mass is 9.33. The fourth-order valence-electron chi connectivity index (χ4n) is 29.3. The Morgan fingerprint density at radius 1 is 0.163 bits per heavy atom. The van der Waals surface area contributed by atoms with Gasteiger partial charge in [0.25, 0.3) is 20.1 Å². The maximum atomic E-state index is 2.63. The second-order valence-electron chi connectivity index (χ2n) is 45.1. The summed E-state index contributed by atoms with van der Waals surface area (Å²) in [7, 11) is -6.15. The summed E-state index contributed by atoms with van der Waals surface area (Å²) in [6.07, 6.45) is 0. The van der Waals surface area contributed by atoms with E-state index in [1.54, 1.807) is 15.6 Å². The van der Waals surface area contributed by atoms with Crippen LogP contribution in [0.5, 0.6) is 0 Å². The van der Waals surface area contributed by atoms with Crippen molar-refractivity contribution in [3.05, 3.63) is 361 Å². The fraction of sp³-hybridized carbons (Fsp3) is 0.256. The molecule has 6 heterocycles. The second-order valence-corrected chi connectivity index (χ2v) is 62.8. The highest BCUT2D eigenvalue weighted by Gasteiger charge is 2.52. The molecule has 0 radical (unpaired) electrons. The first kappa shape index (κ1) is 93.1. The van der Waals surface area contributed by atoms with Gasteiger partial charge in [-0.1, -0.05) is 337 Å². The van der Waals surface area contributed by atoms with Crippen LogP contribution in [0.25, 0.3) is 33.4 Å². The average Bonchev–Trinajstić information content (AvgIpc) is 0.702. The summed E-state index contributed by atoms with van der Waals surface area (Å²) in [4.78, 5) is 15.6. The molecule has 6 aliphatic rings. The molecule has 16 aromatic carbocycles. The topological polar surface area (TPSA) is 19.4 Å². The van der Waals surface area contributed by atoms with Crippen molar-refractivity contribution < 1.29 is 0 Å². The maximum absolute atomic E-state index is 2.63. The van der Waals surface area contributed by atoms with E-state index in [1.165, 1.54) is 185 Å². The Morgan fingerprint density at radius 3 is 0.525 bits per heavy atom. The molecule has 12 heteroatoms. The summed E-state index contributed by atoms with van der Waals surface area (Å²) < 4.78 is 0. The number of hydrogen-bond acceptors (Lipinski definition) is 6. The molecule has 0 saturated heterocycles. The SMILES string of the molecule is Cc1ccc(N2c3ccc(C)cc3B3c4cc(-c5cc(-c6ccc7c(c6)B6c8cc(C)ccc8N(c8ccc(C)cc8)c8cccc(c86)N7c6ccc([Si](C(C)C)(C(C)C)C(C)C)cc6)cc(-c6ccc7c(c6)B6c8cc(C)ccc8N(c8ccc(C)cc8)c8cccc(c86)N7c6ccc([Si](C(C)C)(C(C)C)C(C)C)cc6)c5)ccc4N(c4ccc([Si](C(C)C)(C(C)C)C(C)C)cc4)c4cccc2c43)cc1. The van der Waals surface area contributed by atoms with Crippen LogP contribution in [0.2, 0.25) is 49.9 Å². The molecular weight excluding hydrogens is 1750 g/mol. The van der Waals surface area contributed by atoms with E-state index in [1.807, 2.05) is 0 Å². The van der Waals surface area contributed by atoms with Crippen molar-refractivity contribution in [3.63, 3.8) is 0 Å². The molecule has 6 nitrogen and oxygen atoms in total. The Morgan fingerprint density at radius 2 is 0.333 bits per heavy atom. The van der Waals surface area contributed by atoms with Crippen LogP contribution in [0.4, 0.5) is 102 Å². The number of nitrogens with zero attached hydrogens (tertiary/aromatic N) is 6. The van der Waals surface area contributed by atoms with Gasteiger partial charge in [0.1, 0.15) is 0 Å². The quantitative estimate of drug-likeness (QED) is 0.0663. The van der Waals surface area contributed by atoms with E-state index in [0.29, 0.717) is 49.9 Å². The van der Waals surface area contributed by atoms with Gasteiger partial charge in [-0.3, -0.25) is 0 Å². The molecule has 0 aliphatic carbocycles. The fourth-order valence-corrected chi connectivity index (χ4v) is 49.5. The molecule has 16 aromatic rings. The Kier molecular flexibility index (Phi) is 23.4. The highest BCUT2D eigenvalue weighted by molar-refractivity contribution is 7.02. The first-order valence-electron chi connectivity index (χ1n) is 52.4. The highest BCUT2D eigenvalue weighted by Crippen LogP contribution is 2.54. The summed E-state index contributed by atoms with van der Waals surface area (Å²) in [5, 5.41) is 4.63. The molecule has 0 N–H and O–H groups in total. The summed E-state index contributed by atoms with van der Waals surface area (Å²) in [5.74, 6) is 0. The minimum absolute atomic E-state index is 0.118. The lowest BCUT2D eigenvalue weighted by Gasteiger charge is -2.45. The molecule has 0 amide bonds. The number of aryl methyl sites for hydroxylation is 6. The molecule has 0 bridgehead atoms. The van der Waals surface area contributed by atoms with Crippen molar-refractivity contribution in [2.45, 2.75) is 216 Å². The van der Waals surface area contributed by atoms with Crippen molar-refractivity contribution in [3.8, 4) is 33.4 Å². The van der Waals surface area contributed by atoms with E-state index in [9.17, 15) is 0 Å². The predicted molar refractivity (Wildman–Crippen MR) is 625 cm³/mol. The van der Waals surface area contributed by atoms with Crippen molar-refractivity contribution >= 4 is 211 Å². The van der Waals surface area contributed by atoms with Crippen molar-refractivity contribution in [1.29, 1.82) is 0 Å². The standard InChI is InChI=1S/C129H135B3N6Si3/c1-79(2)139(80(3)4,81(5)6)106-58-52-103(53-59-106)136-118-67-43-94(76-112(118)130-109-70-91(22)40-64-115(109)133(100-46-34-88(19)35-47-100)121-28-25-31-124(136)127(121)130)97-73-98(95-44-68-119-113(77-95)131-110-71-92(23)41-65-116(110)134(101-48-36-89(20)37-49-101)122-29-26-32-125(128(122)131)137(119)104-54-60-107(61-55-104)140(82(7)8,83(9)10)84(11)12)75-99(74-97)96-45-69-120-114(78-96)132-111-72-93(24)42-66-117(111)135(102-50-38-90(21)39-51-102)123-30-27-33-126(129(123)132)138(120)105-56-62-108(63-57-105)141(85(13)14,86(15)16)87(17)18/h25-87H,1-24H3. The van der Waals surface area contributed by atoms with Crippen LogP contribution in [0.15, 0.2) is 328 Å². The van der Waals surface area contributed by atoms with Gasteiger partial charge in [-0.25, -0.2) is 0 Å². The Labute approximate surface area is 844 Å². The lowest BCUT2D eigenvalue weighted by Crippen LogP contribution is -2.61. The Hall–Kier alpha value is -12.8. The summed E-state index contributed by atoms with van der Waals surface area (Å²) >= 11 is 0. The Bertz CT molecular complexity index is 6820. The van der Waals surface area contributed by atoms with Crippen LogP contribution in [-0.2, 0) is 0 Å². The van der Waals surface area contributed by atoms with E-state index in [2.05, 4.69) is 523 Å². The normalized spacial score (nSPS) is 14.0. The van der Waals surface area contributed by atoms with Gasteiger partial charge >= 0.3 is 0 Å². The van der Waals surface area contributed by atoms with E-state index in [0.717, 1.165) is 33.8 Å². The molecule has 0 fully saturated rings. The molecule has 141 heavy (non-hydrogen) atoms. The van der Waals surface area contributed by atoms with Crippen LogP contribution >= 0.6 is 0 Å². The molecule has 0 spiro atoms. The first-order valence-corrected chi connectivity index (χ1v) is 59.1. The number of benzene rings is 16. The largest absolute Gasteiger partial charge is 0.311 e. The molecule has 0 unspecified atom stereocenters.